The van der Waals surface area contributed by atoms with Gasteiger partial charge in [-0.1, -0.05) is 6.92 Å². The van der Waals surface area contributed by atoms with Gasteiger partial charge in [0.05, 0.1) is 6.10 Å². The minimum absolute atomic E-state index is 0.0406. The lowest BCUT2D eigenvalue weighted by atomic mass is 10.0. The fourth-order valence-corrected chi connectivity index (χ4v) is 1.41. The number of ether oxygens (including phenoxy) is 1. The lowest BCUT2D eigenvalue weighted by molar-refractivity contribution is -0.155. The van der Waals surface area contributed by atoms with E-state index < -0.39 is 0 Å². The molecule has 0 amide bonds. The summed E-state index contributed by atoms with van der Waals surface area (Å²) in [6.45, 7) is 1.93. The molecule has 1 heterocycles. The summed E-state index contributed by atoms with van der Waals surface area (Å²) >= 11 is 0. The predicted molar refractivity (Wildman–Crippen MR) is 44.6 cm³/mol. The first kappa shape index (κ1) is 9.52. The molecule has 0 unspecified atom stereocenters. The van der Waals surface area contributed by atoms with Crippen molar-refractivity contribution in [2.24, 2.45) is 0 Å². The highest BCUT2D eigenvalue weighted by molar-refractivity contribution is 5.70. The largest absolute Gasteiger partial charge is 0.462 e. The smallest absolute Gasteiger partial charge is 0.306 e. The van der Waals surface area contributed by atoms with E-state index >= 15 is 0 Å². The van der Waals surface area contributed by atoms with Gasteiger partial charge >= 0.3 is 5.97 Å². The van der Waals surface area contributed by atoms with Crippen LogP contribution in [0.3, 0.4) is 0 Å². The monoisotopic (exact) mass is 172 g/mol. The van der Waals surface area contributed by atoms with Gasteiger partial charge in [-0.05, 0) is 19.3 Å². The van der Waals surface area contributed by atoms with Crippen LogP contribution in [-0.2, 0) is 9.53 Å². The Kier molecular flexibility index (Phi) is 3.53. The van der Waals surface area contributed by atoms with Crippen molar-refractivity contribution in [2.75, 3.05) is 0 Å². The number of aliphatic hydroxyl groups is 1. The molecule has 70 valence electrons. The van der Waals surface area contributed by atoms with Gasteiger partial charge in [0.2, 0.25) is 0 Å². The van der Waals surface area contributed by atoms with E-state index in [1.165, 1.54) is 0 Å². The van der Waals surface area contributed by atoms with Gasteiger partial charge < -0.3 is 9.84 Å². The van der Waals surface area contributed by atoms with Gasteiger partial charge in [0.1, 0.15) is 6.10 Å². The van der Waals surface area contributed by atoms with Crippen LogP contribution in [0.2, 0.25) is 0 Å². The number of rotatable bonds is 3. The van der Waals surface area contributed by atoms with E-state index in [-0.39, 0.29) is 18.2 Å². The fraction of sp³-hybridized carbons (Fsp3) is 0.889. The van der Waals surface area contributed by atoms with E-state index in [4.69, 9.17) is 4.74 Å². The van der Waals surface area contributed by atoms with Crippen LogP contribution in [-0.4, -0.2) is 23.3 Å². The summed E-state index contributed by atoms with van der Waals surface area (Å²) in [7, 11) is 0. The molecular formula is C9H16O3. The van der Waals surface area contributed by atoms with Crippen molar-refractivity contribution in [3.8, 4) is 0 Å². The maximum Gasteiger partial charge on any atom is 0.306 e. The summed E-state index contributed by atoms with van der Waals surface area (Å²) in [5.74, 6) is -0.116. The fourth-order valence-electron chi connectivity index (χ4n) is 1.41. The summed E-state index contributed by atoms with van der Waals surface area (Å²) in [6.07, 6.45) is 3.32. The topological polar surface area (TPSA) is 46.5 Å². The van der Waals surface area contributed by atoms with Crippen LogP contribution in [0.5, 0.6) is 0 Å². The molecule has 3 nitrogen and oxygen atoms in total. The third-order valence-electron chi connectivity index (χ3n) is 2.21. The molecule has 0 aromatic rings. The Hall–Kier alpha value is -0.570. The van der Waals surface area contributed by atoms with Crippen molar-refractivity contribution in [1.29, 1.82) is 0 Å². The standard InChI is InChI=1S/C9H16O3/c1-2-7(10)6-8-4-3-5-9(11)12-8/h7-8,10H,2-6H2,1H3/t7-,8-/m0/s1. The predicted octanol–water partition coefficient (Wildman–Crippen LogP) is 1.24. The zero-order valence-electron chi connectivity index (χ0n) is 7.45. The molecule has 1 saturated heterocycles. The SMILES string of the molecule is CC[C@H](O)C[C@@H]1CCCC(=O)O1. The molecule has 0 bridgehead atoms. The van der Waals surface area contributed by atoms with Crippen LogP contribution in [0.25, 0.3) is 0 Å². The zero-order chi connectivity index (χ0) is 8.97. The lowest BCUT2D eigenvalue weighted by Crippen LogP contribution is -2.27. The van der Waals surface area contributed by atoms with Crippen LogP contribution < -0.4 is 0 Å². The van der Waals surface area contributed by atoms with E-state index in [9.17, 15) is 9.90 Å². The first-order valence-corrected chi connectivity index (χ1v) is 4.60. The highest BCUT2D eigenvalue weighted by Gasteiger charge is 2.22. The second-order valence-corrected chi connectivity index (χ2v) is 3.30. The number of esters is 1. The number of carbonyl (C=O) groups excluding carboxylic acids is 1. The number of aliphatic hydroxyl groups excluding tert-OH is 1. The summed E-state index contributed by atoms with van der Waals surface area (Å²) < 4.78 is 5.06. The highest BCUT2D eigenvalue weighted by atomic mass is 16.5. The van der Waals surface area contributed by atoms with Gasteiger partial charge in [-0.15, -0.1) is 0 Å². The Bertz CT molecular complexity index is 156. The zero-order valence-corrected chi connectivity index (χ0v) is 7.45. The maximum atomic E-state index is 10.8. The summed E-state index contributed by atoms with van der Waals surface area (Å²) in [6, 6.07) is 0. The lowest BCUT2D eigenvalue weighted by Gasteiger charge is -2.23. The Morgan fingerprint density at radius 1 is 1.75 bits per heavy atom. The summed E-state index contributed by atoms with van der Waals surface area (Å²) in [5, 5.41) is 9.31. The number of hydrogen-bond acceptors (Lipinski definition) is 3. The van der Waals surface area contributed by atoms with Crippen molar-refractivity contribution in [3.63, 3.8) is 0 Å². The molecule has 0 aromatic heterocycles. The first-order valence-electron chi connectivity index (χ1n) is 4.60. The average molecular weight is 172 g/mol. The Morgan fingerprint density at radius 3 is 3.08 bits per heavy atom. The second-order valence-electron chi connectivity index (χ2n) is 3.30. The number of carbonyl (C=O) groups is 1. The van der Waals surface area contributed by atoms with Crippen LogP contribution in [0, 0.1) is 0 Å². The Labute approximate surface area is 72.7 Å². The van der Waals surface area contributed by atoms with Gasteiger partial charge in [0, 0.05) is 12.8 Å². The van der Waals surface area contributed by atoms with Crippen LogP contribution in [0.1, 0.15) is 39.0 Å². The van der Waals surface area contributed by atoms with E-state index in [1.807, 2.05) is 6.92 Å². The van der Waals surface area contributed by atoms with Crippen molar-refractivity contribution in [2.45, 2.75) is 51.2 Å². The van der Waals surface area contributed by atoms with Gasteiger partial charge in [0.25, 0.3) is 0 Å². The Balaban J connectivity index is 2.27. The summed E-state index contributed by atoms with van der Waals surface area (Å²) in [5.41, 5.74) is 0. The Morgan fingerprint density at radius 2 is 2.50 bits per heavy atom. The molecule has 0 aromatic carbocycles. The van der Waals surface area contributed by atoms with Crippen molar-refractivity contribution in [3.05, 3.63) is 0 Å². The van der Waals surface area contributed by atoms with Gasteiger partial charge in [-0.25, -0.2) is 0 Å². The molecule has 1 fully saturated rings. The molecule has 0 spiro atoms. The van der Waals surface area contributed by atoms with Crippen LogP contribution >= 0.6 is 0 Å². The highest BCUT2D eigenvalue weighted by Crippen LogP contribution is 2.18. The van der Waals surface area contributed by atoms with E-state index in [0.29, 0.717) is 12.8 Å². The molecule has 12 heavy (non-hydrogen) atoms. The molecule has 0 radical (unpaired) electrons. The third kappa shape index (κ3) is 2.81. The van der Waals surface area contributed by atoms with E-state index in [0.717, 1.165) is 19.3 Å². The maximum absolute atomic E-state index is 10.8. The average Bonchev–Trinajstić information content (AvgIpc) is 2.04. The summed E-state index contributed by atoms with van der Waals surface area (Å²) in [4.78, 5) is 10.8. The number of hydrogen-bond donors (Lipinski definition) is 1. The van der Waals surface area contributed by atoms with E-state index in [1.54, 1.807) is 0 Å². The van der Waals surface area contributed by atoms with Gasteiger partial charge in [-0.2, -0.15) is 0 Å². The molecule has 3 heteroatoms. The van der Waals surface area contributed by atoms with Crippen LogP contribution in [0.4, 0.5) is 0 Å². The molecular weight excluding hydrogens is 156 g/mol. The van der Waals surface area contributed by atoms with Gasteiger partial charge in [-0.3, -0.25) is 4.79 Å². The van der Waals surface area contributed by atoms with Crippen LogP contribution in [0.15, 0.2) is 0 Å². The minimum Gasteiger partial charge on any atom is -0.462 e. The molecule has 1 rings (SSSR count). The quantitative estimate of drug-likeness (QED) is 0.651. The third-order valence-corrected chi connectivity index (χ3v) is 2.21. The molecule has 0 aliphatic carbocycles. The van der Waals surface area contributed by atoms with Crippen molar-refractivity contribution < 1.29 is 14.6 Å². The molecule has 1 aliphatic heterocycles. The normalized spacial score (nSPS) is 26.5. The van der Waals surface area contributed by atoms with E-state index in [2.05, 4.69) is 0 Å². The van der Waals surface area contributed by atoms with Crippen molar-refractivity contribution >= 4 is 5.97 Å². The molecule has 0 saturated carbocycles. The van der Waals surface area contributed by atoms with Crippen molar-refractivity contribution in [1.82, 2.24) is 0 Å². The molecule has 2 atom stereocenters. The second kappa shape index (κ2) is 4.45. The first-order chi connectivity index (χ1) is 5.72. The minimum atomic E-state index is -0.319. The number of cyclic esters (lactones) is 1. The molecule has 1 N–H and O–H groups in total. The molecule has 1 aliphatic rings. The van der Waals surface area contributed by atoms with Gasteiger partial charge in [0.15, 0.2) is 0 Å².